The van der Waals surface area contributed by atoms with Crippen LogP contribution >= 0.6 is 0 Å². The van der Waals surface area contributed by atoms with Crippen LogP contribution in [0, 0.1) is 23.7 Å². The van der Waals surface area contributed by atoms with Crippen molar-refractivity contribution in [2.45, 2.75) is 50.3 Å². The summed E-state index contributed by atoms with van der Waals surface area (Å²) in [7, 11) is 0.757. The van der Waals surface area contributed by atoms with Gasteiger partial charge in [0.15, 0.2) is 5.82 Å². The van der Waals surface area contributed by atoms with Crippen LogP contribution in [-0.2, 0) is 16.6 Å². The minimum atomic E-state index is -3.49. The van der Waals surface area contributed by atoms with Gasteiger partial charge in [-0.2, -0.15) is 14.3 Å². The summed E-state index contributed by atoms with van der Waals surface area (Å²) in [6.45, 7) is 1.37. The second kappa shape index (κ2) is 14.0. The number of alkyl halides is 1. The molecule has 4 heterocycles. The largest absolute Gasteiger partial charge is 0.492 e. The molecule has 12 nitrogen and oxygen atoms in total. The van der Waals surface area contributed by atoms with E-state index in [2.05, 4.69) is 61.3 Å². The zero-order chi connectivity index (χ0) is 32.1. The zero-order valence-corrected chi connectivity index (χ0v) is 26.8. The minimum absolute atomic E-state index is 0.182. The highest BCUT2D eigenvalue weighted by atomic mass is 32.2. The first-order valence-corrected chi connectivity index (χ1v) is 17.0. The molecule has 2 aliphatic carbocycles. The third-order valence-corrected chi connectivity index (χ3v) is 10.2. The molecule has 0 unspecified atom stereocenters. The van der Waals surface area contributed by atoms with Crippen molar-refractivity contribution in [3.05, 3.63) is 60.4 Å². The fourth-order valence-corrected chi connectivity index (χ4v) is 7.05. The summed E-state index contributed by atoms with van der Waals surface area (Å²) in [5.41, 5.74) is 1.78. The molecule has 4 aromatic heterocycles. The molecule has 0 radical (unpaired) electrons. The van der Waals surface area contributed by atoms with Crippen molar-refractivity contribution in [1.82, 2.24) is 38.8 Å². The van der Waals surface area contributed by atoms with Crippen molar-refractivity contribution in [3.8, 4) is 29.0 Å². The van der Waals surface area contributed by atoms with Crippen molar-refractivity contribution in [1.29, 1.82) is 0 Å². The van der Waals surface area contributed by atoms with Crippen molar-refractivity contribution in [3.63, 3.8) is 0 Å². The summed E-state index contributed by atoms with van der Waals surface area (Å²) in [4.78, 5) is 15.7. The normalized spacial score (nSPS) is 18.3. The first kappa shape index (κ1) is 31.6. The van der Waals surface area contributed by atoms with Crippen LogP contribution < -0.4 is 10.1 Å². The average molecular weight is 648 g/mol. The summed E-state index contributed by atoms with van der Waals surface area (Å²) < 4.78 is 46.8. The third-order valence-electron chi connectivity index (χ3n) is 8.15. The quantitative estimate of drug-likeness (QED) is 0.224. The lowest BCUT2D eigenvalue weighted by atomic mass is 9.82. The lowest BCUT2D eigenvalue weighted by Crippen LogP contribution is -2.27. The summed E-state index contributed by atoms with van der Waals surface area (Å²) >= 11 is 0. The van der Waals surface area contributed by atoms with Gasteiger partial charge in [0.25, 0.3) is 10.0 Å². The number of halogens is 1. The molecule has 0 aliphatic heterocycles. The van der Waals surface area contributed by atoms with Gasteiger partial charge < -0.3 is 15.0 Å². The van der Waals surface area contributed by atoms with Crippen LogP contribution in [0.2, 0.25) is 0 Å². The van der Waals surface area contributed by atoms with Gasteiger partial charge in [-0.3, -0.25) is 4.68 Å². The van der Waals surface area contributed by atoms with E-state index >= 15 is 0 Å². The van der Waals surface area contributed by atoms with E-state index in [9.17, 15) is 12.8 Å². The number of aryl methyl sites for hydroxylation is 1. The molecular formula is C32H38FN9O3S. The lowest BCUT2D eigenvalue weighted by molar-refractivity contribution is 0.166. The molecule has 46 heavy (non-hydrogen) atoms. The monoisotopic (exact) mass is 647 g/mol. The Labute approximate surface area is 268 Å². The van der Waals surface area contributed by atoms with Crippen LogP contribution in [0.3, 0.4) is 0 Å². The lowest BCUT2D eigenvalue weighted by Gasteiger charge is -2.30. The highest BCUT2D eigenvalue weighted by molar-refractivity contribution is 7.90. The van der Waals surface area contributed by atoms with Gasteiger partial charge in [-0.15, -0.1) is 0 Å². The molecule has 0 aromatic carbocycles. The van der Waals surface area contributed by atoms with E-state index in [-0.39, 0.29) is 11.8 Å². The Bertz CT molecular complexity index is 1820. The Morgan fingerprint density at radius 3 is 2.57 bits per heavy atom. The maximum Gasteiger partial charge on any atom is 0.256 e. The number of nitrogens with one attached hydrogen (secondary N) is 1. The van der Waals surface area contributed by atoms with Crippen LogP contribution in [-0.4, -0.2) is 86.4 Å². The van der Waals surface area contributed by atoms with Crippen molar-refractivity contribution in [2.75, 3.05) is 39.2 Å². The van der Waals surface area contributed by atoms with Crippen LogP contribution in [0.25, 0.3) is 11.4 Å². The molecule has 2 fully saturated rings. The van der Waals surface area contributed by atoms with Crippen molar-refractivity contribution >= 4 is 21.7 Å². The number of pyridine rings is 1. The highest BCUT2D eigenvalue weighted by Gasteiger charge is 2.37. The maximum absolute atomic E-state index is 12.7. The number of aromatic nitrogens is 7. The predicted octanol–water partition coefficient (Wildman–Crippen LogP) is 4.13. The van der Waals surface area contributed by atoms with E-state index in [1.807, 2.05) is 0 Å². The van der Waals surface area contributed by atoms with Gasteiger partial charge in [-0.25, -0.2) is 27.8 Å². The van der Waals surface area contributed by atoms with Gasteiger partial charge in [0.05, 0.1) is 53.7 Å². The Hall–Kier alpha value is -4.35. The van der Waals surface area contributed by atoms with Gasteiger partial charge in [0, 0.05) is 31.2 Å². The van der Waals surface area contributed by atoms with Crippen LogP contribution in [0.5, 0.6) is 5.75 Å². The van der Waals surface area contributed by atoms with Gasteiger partial charge in [0.2, 0.25) is 0 Å². The first-order valence-electron chi connectivity index (χ1n) is 15.5. The molecule has 4 aromatic rings. The SMILES string of the molecule is CN(C)CC1CCC(COc2cc(Nc3ccnc(-c4cnn(S(=O)(=O)C5CC5)c4)n3)ncc2C#Cc2cnn(CCF)c2)CC1. The fourth-order valence-electron chi connectivity index (χ4n) is 5.58. The molecular weight excluding hydrogens is 609 g/mol. The zero-order valence-electron chi connectivity index (χ0n) is 26.0. The van der Waals surface area contributed by atoms with E-state index < -0.39 is 16.7 Å². The summed E-state index contributed by atoms with van der Waals surface area (Å²) in [5, 5.41) is 11.0. The smallest absolute Gasteiger partial charge is 0.256 e. The molecule has 0 atom stereocenters. The van der Waals surface area contributed by atoms with Gasteiger partial charge in [-0.05, 0) is 70.5 Å². The van der Waals surface area contributed by atoms with Gasteiger partial charge in [-0.1, -0.05) is 11.8 Å². The first-order chi connectivity index (χ1) is 22.3. The minimum Gasteiger partial charge on any atom is -0.492 e. The van der Waals surface area contributed by atoms with Crippen molar-refractivity contribution in [2.24, 2.45) is 11.8 Å². The van der Waals surface area contributed by atoms with Gasteiger partial charge in [0.1, 0.15) is 24.1 Å². The Kier molecular flexibility index (Phi) is 9.60. The van der Waals surface area contributed by atoms with Crippen LogP contribution in [0.15, 0.2) is 49.3 Å². The highest BCUT2D eigenvalue weighted by Crippen LogP contribution is 2.32. The van der Waals surface area contributed by atoms with E-state index in [1.165, 1.54) is 29.9 Å². The predicted molar refractivity (Wildman–Crippen MR) is 172 cm³/mol. The molecule has 1 N–H and O–H groups in total. The molecule has 242 valence electrons. The maximum atomic E-state index is 12.7. The van der Waals surface area contributed by atoms with E-state index in [1.54, 1.807) is 36.9 Å². The van der Waals surface area contributed by atoms with Crippen LogP contribution in [0.1, 0.15) is 49.7 Å². The Balaban J connectivity index is 1.19. The van der Waals surface area contributed by atoms with E-state index in [4.69, 9.17) is 4.74 Å². The molecule has 0 bridgehead atoms. The molecule has 6 rings (SSSR count). The van der Waals surface area contributed by atoms with E-state index in [0.29, 0.717) is 65.3 Å². The second-order valence-electron chi connectivity index (χ2n) is 12.2. The topological polar surface area (TPSA) is 133 Å². The average Bonchev–Trinajstić information content (AvgIpc) is 3.62. The standard InChI is InChI=1S/C32H38FN9O3S/c1-40(2)19-23-3-5-24(6-4-23)22-45-29-15-31(35-17-26(29)8-7-25-16-36-41(20-25)14-12-33)38-30-11-13-34-32(39-30)27-18-37-42(21-27)46(43,44)28-9-10-28/h11,13,15-18,20-21,23-24,28H,3-6,9-10,12,14,19,22H2,1-2H3,(H,34,35,38,39). The van der Waals surface area contributed by atoms with E-state index in [0.717, 1.165) is 29.4 Å². The summed E-state index contributed by atoms with van der Waals surface area (Å²) in [6, 6.07) is 3.50. The number of anilines is 2. The number of nitrogens with zero attached hydrogens (tertiary/aromatic N) is 8. The second-order valence-corrected chi connectivity index (χ2v) is 14.3. The molecule has 2 saturated carbocycles. The molecule has 2 aliphatic rings. The number of hydrogen-bond donors (Lipinski definition) is 1. The fraction of sp³-hybridized carbons (Fsp3) is 0.469. The molecule has 0 amide bonds. The number of hydrogen-bond acceptors (Lipinski definition) is 10. The van der Waals surface area contributed by atoms with Crippen LogP contribution in [0.4, 0.5) is 16.0 Å². The van der Waals surface area contributed by atoms with Crippen molar-refractivity contribution < 1.29 is 17.5 Å². The Morgan fingerprint density at radius 2 is 1.80 bits per heavy atom. The molecule has 14 heteroatoms. The number of ether oxygens (including phenoxy) is 1. The van der Waals surface area contributed by atoms with Gasteiger partial charge >= 0.3 is 0 Å². The summed E-state index contributed by atoms with van der Waals surface area (Å²) in [5.74, 6) is 9.31. The third kappa shape index (κ3) is 7.89. The number of rotatable bonds is 12. The Morgan fingerprint density at radius 1 is 1.00 bits per heavy atom. The summed E-state index contributed by atoms with van der Waals surface area (Å²) in [6.07, 6.45) is 15.4. The molecule has 0 saturated heterocycles. The molecule has 0 spiro atoms.